The molecule has 0 saturated carbocycles. The van der Waals surface area contributed by atoms with Crippen molar-refractivity contribution in [2.24, 2.45) is 0 Å². The highest BCUT2D eigenvalue weighted by Gasteiger charge is 2.00. The lowest BCUT2D eigenvalue weighted by Crippen LogP contribution is -2.16. The molecule has 0 aliphatic heterocycles. The van der Waals surface area contributed by atoms with Crippen LogP contribution in [0.5, 0.6) is 0 Å². The highest BCUT2D eigenvalue weighted by atomic mass is 16.3. The smallest absolute Gasteiger partial charge is 0.120 e. The first-order valence-electron chi connectivity index (χ1n) is 5.12. The summed E-state index contributed by atoms with van der Waals surface area (Å²) in [5.41, 5.74) is 1.19. The molecule has 3 nitrogen and oxygen atoms in total. The summed E-state index contributed by atoms with van der Waals surface area (Å²) in [5.74, 6) is 1.00. The molecule has 1 aromatic rings. The molecule has 1 atom stereocenters. The van der Waals surface area contributed by atoms with Crippen LogP contribution < -0.4 is 5.32 Å². The Kier molecular flexibility index (Phi) is 4.70. The maximum absolute atomic E-state index is 9.03. The lowest BCUT2D eigenvalue weighted by molar-refractivity contribution is 0.181. The summed E-state index contributed by atoms with van der Waals surface area (Å²) in [4.78, 5) is 0. The molecule has 1 unspecified atom stereocenters. The quantitative estimate of drug-likeness (QED) is 0.684. The van der Waals surface area contributed by atoms with E-state index in [-0.39, 0.29) is 6.10 Å². The van der Waals surface area contributed by atoms with Crippen LogP contribution in [0.1, 0.15) is 31.1 Å². The first kappa shape index (κ1) is 11.3. The number of aliphatic hydroxyl groups excluding tert-OH is 1. The third-order valence-corrected chi connectivity index (χ3v) is 2.23. The highest BCUT2D eigenvalue weighted by molar-refractivity contribution is 5.13. The van der Waals surface area contributed by atoms with E-state index in [2.05, 4.69) is 5.32 Å². The Morgan fingerprint density at radius 3 is 2.93 bits per heavy atom. The Morgan fingerprint density at radius 1 is 1.57 bits per heavy atom. The molecule has 0 amide bonds. The molecule has 1 heterocycles. The van der Waals surface area contributed by atoms with Gasteiger partial charge in [-0.25, -0.2) is 0 Å². The van der Waals surface area contributed by atoms with Gasteiger partial charge in [0.2, 0.25) is 0 Å². The topological polar surface area (TPSA) is 45.4 Å². The lowest BCUT2D eigenvalue weighted by atomic mass is 10.2. The summed E-state index contributed by atoms with van der Waals surface area (Å²) in [7, 11) is 0. The zero-order valence-corrected chi connectivity index (χ0v) is 8.92. The van der Waals surface area contributed by atoms with Crippen molar-refractivity contribution in [2.45, 2.75) is 39.3 Å². The number of hydrogen-bond acceptors (Lipinski definition) is 3. The van der Waals surface area contributed by atoms with Gasteiger partial charge in [-0.3, -0.25) is 0 Å². The van der Waals surface area contributed by atoms with E-state index in [1.807, 2.05) is 19.9 Å². The fourth-order valence-corrected chi connectivity index (χ4v) is 1.31. The maximum Gasteiger partial charge on any atom is 0.120 e. The predicted octanol–water partition coefficient (Wildman–Crippen LogP) is 1.84. The first-order valence-corrected chi connectivity index (χ1v) is 5.12. The number of nitrogens with one attached hydrogen (secondary N) is 1. The van der Waals surface area contributed by atoms with Gasteiger partial charge in [-0.1, -0.05) is 0 Å². The number of hydrogen-bond donors (Lipinski definition) is 2. The molecule has 3 heteroatoms. The molecule has 0 saturated heterocycles. The van der Waals surface area contributed by atoms with E-state index in [0.29, 0.717) is 0 Å². The zero-order valence-electron chi connectivity index (χ0n) is 8.92. The Hall–Kier alpha value is -0.800. The van der Waals surface area contributed by atoms with Gasteiger partial charge in [-0.2, -0.15) is 0 Å². The number of aryl methyl sites for hydroxylation is 1. The second kappa shape index (κ2) is 5.83. The highest BCUT2D eigenvalue weighted by Crippen LogP contribution is 2.07. The van der Waals surface area contributed by atoms with E-state index in [9.17, 15) is 0 Å². The molecule has 0 aromatic carbocycles. The molecule has 80 valence electrons. The molecule has 1 rings (SSSR count). The minimum atomic E-state index is -0.192. The third kappa shape index (κ3) is 3.94. The lowest BCUT2D eigenvalue weighted by Gasteiger charge is -2.05. The minimum Gasteiger partial charge on any atom is -0.468 e. The van der Waals surface area contributed by atoms with Crippen LogP contribution in [-0.4, -0.2) is 17.8 Å². The van der Waals surface area contributed by atoms with E-state index < -0.39 is 0 Å². The second-order valence-corrected chi connectivity index (χ2v) is 3.69. The molecule has 0 aliphatic rings. The van der Waals surface area contributed by atoms with Gasteiger partial charge in [0.1, 0.15) is 5.76 Å². The summed E-state index contributed by atoms with van der Waals surface area (Å²) < 4.78 is 5.28. The van der Waals surface area contributed by atoms with Crippen LogP contribution in [0.3, 0.4) is 0 Å². The molecule has 0 spiro atoms. The summed E-state index contributed by atoms with van der Waals surface area (Å²) in [6.07, 6.45) is 3.37. The molecule has 0 aliphatic carbocycles. The Labute approximate surface area is 85.1 Å². The standard InChI is InChI=1S/C11H19NO2/c1-9-5-7-14-11(9)8-12-6-3-4-10(2)13/h5,7,10,12-13H,3-4,6,8H2,1-2H3. The van der Waals surface area contributed by atoms with Crippen LogP contribution in [0.15, 0.2) is 16.7 Å². The number of aliphatic hydroxyl groups is 1. The molecule has 14 heavy (non-hydrogen) atoms. The van der Waals surface area contributed by atoms with Crippen molar-refractivity contribution in [3.8, 4) is 0 Å². The van der Waals surface area contributed by atoms with Gasteiger partial charge in [0, 0.05) is 0 Å². The van der Waals surface area contributed by atoms with Crippen molar-refractivity contribution >= 4 is 0 Å². The van der Waals surface area contributed by atoms with Crippen molar-refractivity contribution in [3.05, 3.63) is 23.7 Å². The molecule has 1 aromatic heterocycles. The van der Waals surface area contributed by atoms with Gasteiger partial charge >= 0.3 is 0 Å². The van der Waals surface area contributed by atoms with E-state index in [4.69, 9.17) is 9.52 Å². The van der Waals surface area contributed by atoms with Gasteiger partial charge in [0.05, 0.1) is 18.9 Å². The summed E-state index contributed by atoms with van der Waals surface area (Å²) in [6.45, 7) is 5.55. The summed E-state index contributed by atoms with van der Waals surface area (Å²) >= 11 is 0. The van der Waals surface area contributed by atoms with Crippen LogP contribution in [-0.2, 0) is 6.54 Å². The third-order valence-electron chi connectivity index (χ3n) is 2.23. The number of furan rings is 1. The van der Waals surface area contributed by atoms with Crippen LogP contribution in [0, 0.1) is 6.92 Å². The molecular weight excluding hydrogens is 178 g/mol. The largest absolute Gasteiger partial charge is 0.468 e. The van der Waals surface area contributed by atoms with Crippen LogP contribution in [0.4, 0.5) is 0 Å². The monoisotopic (exact) mass is 197 g/mol. The average Bonchev–Trinajstić information content (AvgIpc) is 2.51. The normalized spacial score (nSPS) is 13.1. The van der Waals surface area contributed by atoms with E-state index in [1.54, 1.807) is 6.26 Å². The molecule has 0 bridgehead atoms. The van der Waals surface area contributed by atoms with Gasteiger partial charge in [0.25, 0.3) is 0 Å². The van der Waals surface area contributed by atoms with Gasteiger partial charge in [-0.05, 0) is 44.9 Å². The SMILES string of the molecule is Cc1ccoc1CNCCCC(C)O. The maximum atomic E-state index is 9.03. The van der Waals surface area contributed by atoms with Gasteiger partial charge in [0.15, 0.2) is 0 Å². The van der Waals surface area contributed by atoms with Crippen molar-refractivity contribution < 1.29 is 9.52 Å². The van der Waals surface area contributed by atoms with Gasteiger partial charge < -0.3 is 14.8 Å². The van der Waals surface area contributed by atoms with Crippen molar-refractivity contribution in [2.75, 3.05) is 6.54 Å². The molecule has 0 radical (unpaired) electrons. The van der Waals surface area contributed by atoms with Gasteiger partial charge in [-0.15, -0.1) is 0 Å². The van der Waals surface area contributed by atoms with E-state index in [1.165, 1.54) is 5.56 Å². The van der Waals surface area contributed by atoms with E-state index >= 15 is 0 Å². The molecular formula is C11H19NO2. The van der Waals surface area contributed by atoms with Crippen molar-refractivity contribution in [1.82, 2.24) is 5.32 Å². The fraction of sp³-hybridized carbons (Fsp3) is 0.636. The average molecular weight is 197 g/mol. The Morgan fingerprint density at radius 2 is 2.36 bits per heavy atom. The van der Waals surface area contributed by atoms with E-state index in [0.717, 1.165) is 31.7 Å². The first-order chi connectivity index (χ1) is 6.70. The van der Waals surface area contributed by atoms with Crippen LogP contribution in [0.2, 0.25) is 0 Å². The fourth-order valence-electron chi connectivity index (χ4n) is 1.31. The predicted molar refractivity (Wildman–Crippen MR) is 56.1 cm³/mol. The van der Waals surface area contributed by atoms with Crippen LogP contribution in [0.25, 0.3) is 0 Å². The van der Waals surface area contributed by atoms with Crippen molar-refractivity contribution in [1.29, 1.82) is 0 Å². The minimum absolute atomic E-state index is 0.192. The second-order valence-electron chi connectivity index (χ2n) is 3.69. The summed E-state index contributed by atoms with van der Waals surface area (Å²) in [5, 5.41) is 12.3. The zero-order chi connectivity index (χ0) is 10.4. The van der Waals surface area contributed by atoms with Crippen LogP contribution >= 0.6 is 0 Å². The Balaban J connectivity index is 2.08. The van der Waals surface area contributed by atoms with Crippen molar-refractivity contribution in [3.63, 3.8) is 0 Å². The summed E-state index contributed by atoms with van der Waals surface area (Å²) in [6, 6.07) is 1.97. The molecule has 2 N–H and O–H groups in total. The number of rotatable bonds is 6. The Bertz CT molecular complexity index is 256. The molecule has 0 fully saturated rings.